The van der Waals surface area contributed by atoms with Gasteiger partial charge in [-0.3, -0.25) is 9.69 Å². The van der Waals surface area contributed by atoms with Crippen LogP contribution in [0.15, 0.2) is 82.5 Å². The van der Waals surface area contributed by atoms with Crippen LogP contribution in [0.1, 0.15) is 12.5 Å². The Morgan fingerprint density at radius 3 is 2.38 bits per heavy atom. The molecule has 0 fully saturated rings. The van der Waals surface area contributed by atoms with Crippen molar-refractivity contribution in [2.75, 3.05) is 18.6 Å². The van der Waals surface area contributed by atoms with Gasteiger partial charge in [-0.25, -0.2) is 4.79 Å². The van der Waals surface area contributed by atoms with E-state index in [4.69, 9.17) is 9.47 Å². The van der Waals surface area contributed by atoms with E-state index in [0.717, 1.165) is 10.0 Å². The van der Waals surface area contributed by atoms with Gasteiger partial charge in [0.25, 0.3) is 5.91 Å². The van der Waals surface area contributed by atoms with Gasteiger partial charge in [-0.1, -0.05) is 40.7 Å². The molecule has 2 aromatic rings. The summed E-state index contributed by atoms with van der Waals surface area (Å²) in [6.45, 7) is 5.77. The summed E-state index contributed by atoms with van der Waals surface area (Å²) in [4.78, 5) is 27.2. The van der Waals surface area contributed by atoms with E-state index in [1.54, 1.807) is 31.2 Å². The predicted molar refractivity (Wildman–Crippen MR) is 116 cm³/mol. The number of halogens is 1. The third kappa shape index (κ3) is 4.32. The smallest absolute Gasteiger partial charge is 0.340 e. The Bertz CT molecular complexity index is 1000. The van der Waals surface area contributed by atoms with Gasteiger partial charge in [0.15, 0.2) is 0 Å². The molecule has 0 aliphatic carbocycles. The molecule has 1 heterocycles. The number of esters is 1. The van der Waals surface area contributed by atoms with Crippen LogP contribution in [-0.4, -0.2) is 25.6 Å². The van der Waals surface area contributed by atoms with E-state index < -0.39 is 5.97 Å². The first kappa shape index (κ1) is 20.6. The fourth-order valence-corrected chi connectivity index (χ4v) is 3.33. The molecule has 2 aromatic carbocycles. The van der Waals surface area contributed by atoms with Gasteiger partial charge < -0.3 is 9.47 Å². The Labute approximate surface area is 178 Å². The Balaban J connectivity index is 2.01. The normalized spacial score (nSPS) is 15.1. The van der Waals surface area contributed by atoms with Gasteiger partial charge >= 0.3 is 5.97 Å². The molecule has 0 N–H and O–H groups in total. The SMILES string of the molecule is C=CCOc1ccc(/C=C2\C(=O)N(c3ccc(Br)cc3)C(C)=C2C(=O)OC)cc1. The zero-order valence-corrected chi connectivity index (χ0v) is 17.7. The lowest BCUT2D eigenvalue weighted by molar-refractivity contribution is -0.136. The van der Waals surface area contributed by atoms with Crippen molar-refractivity contribution < 1.29 is 19.1 Å². The van der Waals surface area contributed by atoms with Crippen molar-refractivity contribution in [3.8, 4) is 5.75 Å². The molecular formula is C23H20BrNO4. The fourth-order valence-electron chi connectivity index (χ4n) is 3.06. The summed E-state index contributed by atoms with van der Waals surface area (Å²) in [5, 5.41) is 0. The van der Waals surface area contributed by atoms with Gasteiger partial charge in [0, 0.05) is 15.9 Å². The zero-order valence-electron chi connectivity index (χ0n) is 16.1. The average Bonchev–Trinajstić information content (AvgIpc) is 2.97. The van der Waals surface area contributed by atoms with E-state index in [9.17, 15) is 9.59 Å². The highest BCUT2D eigenvalue weighted by Crippen LogP contribution is 2.36. The van der Waals surface area contributed by atoms with Crippen LogP contribution in [0, 0.1) is 0 Å². The number of anilines is 1. The molecule has 148 valence electrons. The van der Waals surface area contributed by atoms with E-state index in [0.29, 0.717) is 23.7 Å². The Morgan fingerprint density at radius 2 is 1.79 bits per heavy atom. The van der Waals surface area contributed by atoms with Crippen LogP contribution < -0.4 is 9.64 Å². The second kappa shape index (κ2) is 8.92. The van der Waals surface area contributed by atoms with Gasteiger partial charge in [0.05, 0.1) is 18.3 Å². The van der Waals surface area contributed by atoms with Crippen molar-refractivity contribution in [2.45, 2.75) is 6.92 Å². The lowest BCUT2D eigenvalue weighted by Gasteiger charge is -2.18. The highest BCUT2D eigenvalue weighted by Gasteiger charge is 2.37. The maximum Gasteiger partial charge on any atom is 0.340 e. The molecule has 1 aliphatic rings. The van der Waals surface area contributed by atoms with Gasteiger partial charge in [-0.05, 0) is 55.0 Å². The lowest BCUT2D eigenvalue weighted by atomic mass is 10.0. The monoisotopic (exact) mass is 453 g/mol. The molecule has 0 saturated carbocycles. The first-order valence-electron chi connectivity index (χ1n) is 8.91. The number of nitrogens with zero attached hydrogens (tertiary/aromatic N) is 1. The summed E-state index contributed by atoms with van der Waals surface area (Å²) < 4.78 is 11.3. The summed E-state index contributed by atoms with van der Waals surface area (Å²) in [5.74, 6) is -0.133. The number of methoxy groups -OCH3 is 1. The quantitative estimate of drug-likeness (QED) is 0.354. The third-order valence-corrected chi connectivity index (χ3v) is 4.96. The number of ether oxygens (including phenoxy) is 2. The van der Waals surface area contributed by atoms with E-state index in [1.807, 2.05) is 36.4 Å². The minimum Gasteiger partial charge on any atom is -0.490 e. The molecule has 0 saturated heterocycles. The summed E-state index contributed by atoms with van der Waals surface area (Å²) in [6.07, 6.45) is 3.36. The minimum atomic E-state index is -0.548. The molecule has 1 aliphatic heterocycles. The maximum atomic E-state index is 13.2. The topological polar surface area (TPSA) is 55.8 Å². The van der Waals surface area contributed by atoms with Crippen molar-refractivity contribution in [1.29, 1.82) is 0 Å². The Kier molecular flexibility index (Phi) is 6.34. The molecule has 0 aromatic heterocycles. The largest absolute Gasteiger partial charge is 0.490 e. The Morgan fingerprint density at radius 1 is 1.14 bits per heavy atom. The number of carbonyl (C=O) groups excluding carboxylic acids is 2. The molecule has 6 heteroatoms. The first-order chi connectivity index (χ1) is 14.0. The molecule has 3 rings (SSSR count). The van der Waals surface area contributed by atoms with Crippen molar-refractivity contribution in [1.82, 2.24) is 0 Å². The van der Waals surface area contributed by atoms with Gasteiger partial charge in [0.2, 0.25) is 0 Å². The number of amides is 1. The van der Waals surface area contributed by atoms with Gasteiger partial charge in [0.1, 0.15) is 12.4 Å². The van der Waals surface area contributed by atoms with Crippen LogP contribution in [0.25, 0.3) is 6.08 Å². The number of benzene rings is 2. The van der Waals surface area contributed by atoms with Crippen LogP contribution in [0.4, 0.5) is 5.69 Å². The molecule has 0 atom stereocenters. The van der Waals surface area contributed by atoms with E-state index in [-0.39, 0.29) is 17.1 Å². The highest BCUT2D eigenvalue weighted by molar-refractivity contribution is 9.10. The van der Waals surface area contributed by atoms with Gasteiger partial charge in [-0.15, -0.1) is 0 Å². The third-order valence-electron chi connectivity index (χ3n) is 4.43. The van der Waals surface area contributed by atoms with Crippen LogP contribution >= 0.6 is 15.9 Å². The zero-order chi connectivity index (χ0) is 21.0. The number of allylic oxidation sites excluding steroid dienone is 1. The standard InChI is InChI=1S/C23H20BrNO4/c1-4-13-29-19-11-5-16(6-12-19)14-20-21(23(27)28-3)15(2)25(22(20)26)18-9-7-17(24)8-10-18/h4-12,14H,1,13H2,2-3H3/b20-14-. The summed E-state index contributed by atoms with van der Waals surface area (Å²) in [7, 11) is 1.30. The Hall–Kier alpha value is -3.12. The lowest BCUT2D eigenvalue weighted by Crippen LogP contribution is -2.24. The summed E-state index contributed by atoms with van der Waals surface area (Å²) in [5.41, 5.74) is 2.52. The second-order valence-electron chi connectivity index (χ2n) is 6.30. The first-order valence-corrected chi connectivity index (χ1v) is 9.70. The fraction of sp³-hybridized carbons (Fsp3) is 0.130. The molecular weight excluding hydrogens is 434 g/mol. The van der Waals surface area contributed by atoms with Crippen molar-refractivity contribution in [3.05, 3.63) is 88.1 Å². The van der Waals surface area contributed by atoms with Crippen LogP contribution in [0.2, 0.25) is 0 Å². The second-order valence-corrected chi connectivity index (χ2v) is 7.21. The molecule has 29 heavy (non-hydrogen) atoms. The van der Waals surface area contributed by atoms with E-state index in [1.165, 1.54) is 12.0 Å². The van der Waals surface area contributed by atoms with Crippen molar-refractivity contribution in [3.63, 3.8) is 0 Å². The van der Waals surface area contributed by atoms with E-state index >= 15 is 0 Å². The number of hydrogen-bond donors (Lipinski definition) is 0. The molecule has 0 spiro atoms. The molecule has 0 bridgehead atoms. The number of carbonyl (C=O) groups is 2. The maximum absolute atomic E-state index is 13.2. The van der Waals surface area contributed by atoms with Crippen molar-refractivity contribution >= 4 is 39.6 Å². The molecule has 5 nitrogen and oxygen atoms in total. The highest BCUT2D eigenvalue weighted by atomic mass is 79.9. The van der Waals surface area contributed by atoms with Crippen LogP contribution in [0.3, 0.4) is 0 Å². The number of rotatable bonds is 6. The summed E-state index contributed by atoms with van der Waals surface area (Å²) >= 11 is 3.39. The molecule has 0 radical (unpaired) electrons. The van der Waals surface area contributed by atoms with Gasteiger partial charge in [-0.2, -0.15) is 0 Å². The van der Waals surface area contributed by atoms with Crippen molar-refractivity contribution in [2.24, 2.45) is 0 Å². The molecule has 1 amide bonds. The summed E-state index contributed by atoms with van der Waals surface area (Å²) in [6, 6.07) is 14.6. The number of hydrogen-bond acceptors (Lipinski definition) is 4. The average molecular weight is 454 g/mol. The van der Waals surface area contributed by atoms with E-state index in [2.05, 4.69) is 22.5 Å². The predicted octanol–water partition coefficient (Wildman–Crippen LogP) is 4.89. The minimum absolute atomic E-state index is 0.257. The van der Waals surface area contributed by atoms with Crippen LogP contribution in [-0.2, 0) is 14.3 Å². The van der Waals surface area contributed by atoms with Crippen LogP contribution in [0.5, 0.6) is 5.75 Å². The molecule has 0 unspecified atom stereocenters.